The Labute approximate surface area is 122 Å². The summed E-state index contributed by atoms with van der Waals surface area (Å²) in [4.78, 5) is 0. The highest BCUT2D eigenvalue weighted by Crippen LogP contribution is 2.37. The molecule has 2 aliphatic rings. The van der Waals surface area contributed by atoms with Gasteiger partial charge in [0.05, 0.1) is 0 Å². The summed E-state index contributed by atoms with van der Waals surface area (Å²) in [5.41, 5.74) is 0.984. The van der Waals surface area contributed by atoms with Crippen molar-refractivity contribution in [1.29, 1.82) is 0 Å². The van der Waals surface area contributed by atoms with Gasteiger partial charge in [0.2, 0.25) is 5.89 Å². The first-order valence-corrected chi connectivity index (χ1v) is 8.06. The van der Waals surface area contributed by atoms with Crippen molar-refractivity contribution < 1.29 is 4.42 Å². The summed E-state index contributed by atoms with van der Waals surface area (Å²) in [7, 11) is 0. The number of nitrogens with zero attached hydrogens (tertiary/aromatic N) is 2. The van der Waals surface area contributed by atoms with Gasteiger partial charge in [0.1, 0.15) is 0 Å². The van der Waals surface area contributed by atoms with Gasteiger partial charge >= 0.3 is 0 Å². The summed E-state index contributed by atoms with van der Waals surface area (Å²) in [5.74, 6) is 0.616. The Kier molecular flexibility index (Phi) is 3.24. The fraction of sp³-hybridized carbons (Fsp3) is 0.467. The molecule has 2 aliphatic heterocycles. The highest BCUT2D eigenvalue weighted by atomic mass is 32.2. The monoisotopic (exact) mass is 287 g/mol. The molecular formula is C15H17N3OS. The van der Waals surface area contributed by atoms with Crippen molar-refractivity contribution in [3.8, 4) is 11.5 Å². The predicted octanol–water partition coefficient (Wildman–Crippen LogP) is 3.11. The van der Waals surface area contributed by atoms with E-state index in [1.165, 1.54) is 25.7 Å². The van der Waals surface area contributed by atoms with Crippen LogP contribution in [0.25, 0.3) is 11.5 Å². The molecule has 2 fully saturated rings. The van der Waals surface area contributed by atoms with Crippen molar-refractivity contribution >= 4 is 11.8 Å². The fourth-order valence-corrected chi connectivity index (χ4v) is 4.36. The van der Waals surface area contributed by atoms with E-state index in [0.29, 0.717) is 28.4 Å². The molecule has 4 rings (SSSR count). The van der Waals surface area contributed by atoms with Crippen LogP contribution in [0.4, 0.5) is 0 Å². The molecule has 20 heavy (non-hydrogen) atoms. The number of nitrogens with one attached hydrogen (secondary N) is 1. The van der Waals surface area contributed by atoms with E-state index < -0.39 is 0 Å². The van der Waals surface area contributed by atoms with Crippen molar-refractivity contribution in [2.75, 3.05) is 0 Å². The Morgan fingerprint density at radius 1 is 1.05 bits per heavy atom. The van der Waals surface area contributed by atoms with Crippen LogP contribution in [0, 0.1) is 0 Å². The van der Waals surface area contributed by atoms with Crippen LogP contribution in [0.3, 0.4) is 0 Å². The van der Waals surface area contributed by atoms with Crippen LogP contribution in [-0.4, -0.2) is 27.5 Å². The highest BCUT2D eigenvalue weighted by Gasteiger charge is 2.34. The third kappa shape index (κ3) is 2.47. The Morgan fingerprint density at radius 3 is 2.55 bits per heavy atom. The van der Waals surface area contributed by atoms with E-state index in [2.05, 4.69) is 15.5 Å². The summed E-state index contributed by atoms with van der Waals surface area (Å²) in [6, 6.07) is 11.3. The molecule has 5 heteroatoms. The average Bonchev–Trinajstić information content (AvgIpc) is 3.07. The Bertz CT molecular complexity index is 574. The van der Waals surface area contributed by atoms with E-state index in [-0.39, 0.29) is 0 Å². The number of fused-ring (bicyclic) bond motifs is 2. The van der Waals surface area contributed by atoms with E-state index >= 15 is 0 Å². The zero-order chi connectivity index (χ0) is 13.4. The largest absolute Gasteiger partial charge is 0.411 e. The van der Waals surface area contributed by atoms with Gasteiger partial charge < -0.3 is 9.73 Å². The van der Waals surface area contributed by atoms with E-state index in [1.54, 1.807) is 11.8 Å². The van der Waals surface area contributed by atoms with Gasteiger partial charge in [-0.1, -0.05) is 30.0 Å². The molecule has 1 N–H and O–H groups in total. The van der Waals surface area contributed by atoms with Crippen LogP contribution in [0.2, 0.25) is 0 Å². The van der Waals surface area contributed by atoms with Crippen LogP contribution in [0.1, 0.15) is 25.7 Å². The number of aromatic nitrogens is 2. The summed E-state index contributed by atoms with van der Waals surface area (Å²) in [6.07, 6.45) is 5.07. The zero-order valence-corrected chi connectivity index (χ0v) is 12.0. The van der Waals surface area contributed by atoms with Crippen molar-refractivity contribution in [2.45, 2.75) is 48.2 Å². The molecule has 1 aromatic heterocycles. The van der Waals surface area contributed by atoms with Crippen LogP contribution >= 0.6 is 11.8 Å². The SMILES string of the molecule is c1ccc(-c2nnc(SC3C[C@H]4CC[C@@H](C3)N4)o2)cc1. The lowest BCUT2D eigenvalue weighted by Crippen LogP contribution is -2.39. The number of piperidine rings is 1. The van der Waals surface area contributed by atoms with Gasteiger partial charge in [-0.3, -0.25) is 0 Å². The van der Waals surface area contributed by atoms with Crippen molar-refractivity contribution in [1.82, 2.24) is 15.5 Å². The molecule has 0 aliphatic carbocycles. The summed E-state index contributed by atoms with van der Waals surface area (Å²) < 4.78 is 5.78. The average molecular weight is 287 g/mol. The van der Waals surface area contributed by atoms with Crippen LogP contribution in [-0.2, 0) is 0 Å². The molecule has 1 unspecified atom stereocenters. The number of benzene rings is 1. The van der Waals surface area contributed by atoms with Gasteiger partial charge in [-0.2, -0.15) is 0 Å². The lowest BCUT2D eigenvalue weighted by molar-refractivity contribution is 0.409. The maximum absolute atomic E-state index is 5.78. The molecule has 2 aromatic rings. The minimum absolute atomic E-state index is 0.609. The smallest absolute Gasteiger partial charge is 0.277 e. The van der Waals surface area contributed by atoms with E-state index in [0.717, 1.165) is 5.56 Å². The van der Waals surface area contributed by atoms with Gasteiger partial charge in [0.25, 0.3) is 5.22 Å². The number of thioether (sulfide) groups is 1. The fourth-order valence-electron chi connectivity index (χ4n) is 3.20. The summed E-state index contributed by atoms with van der Waals surface area (Å²) in [5, 5.41) is 13.3. The first-order valence-electron chi connectivity index (χ1n) is 7.18. The third-order valence-corrected chi connectivity index (χ3v) is 5.21. The predicted molar refractivity (Wildman–Crippen MR) is 78.6 cm³/mol. The topological polar surface area (TPSA) is 51.0 Å². The summed E-state index contributed by atoms with van der Waals surface area (Å²) >= 11 is 1.75. The second kappa shape index (κ2) is 5.22. The molecule has 2 bridgehead atoms. The first-order chi connectivity index (χ1) is 9.87. The zero-order valence-electron chi connectivity index (χ0n) is 11.2. The molecule has 3 heterocycles. The number of rotatable bonds is 3. The Balaban J connectivity index is 1.46. The van der Waals surface area contributed by atoms with Gasteiger partial charge in [-0.05, 0) is 37.8 Å². The van der Waals surface area contributed by atoms with Crippen LogP contribution in [0.15, 0.2) is 40.0 Å². The van der Waals surface area contributed by atoms with Crippen molar-refractivity contribution in [2.24, 2.45) is 0 Å². The molecule has 1 aromatic carbocycles. The van der Waals surface area contributed by atoms with E-state index in [1.807, 2.05) is 30.3 Å². The van der Waals surface area contributed by atoms with E-state index in [4.69, 9.17) is 4.42 Å². The molecule has 3 atom stereocenters. The molecule has 0 radical (unpaired) electrons. The molecule has 104 valence electrons. The second-order valence-electron chi connectivity index (χ2n) is 5.59. The maximum Gasteiger partial charge on any atom is 0.277 e. The maximum atomic E-state index is 5.78. The van der Waals surface area contributed by atoms with Crippen molar-refractivity contribution in [3.05, 3.63) is 30.3 Å². The molecule has 0 amide bonds. The Hall–Kier alpha value is -1.33. The second-order valence-corrected chi connectivity index (χ2v) is 6.84. The van der Waals surface area contributed by atoms with Gasteiger partial charge in [-0.15, -0.1) is 10.2 Å². The standard InChI is InChI=1S/C15H17N3OS/c1-2-4-10(5-3-1)14-17-18-15(19-14)20-13-8-11-6-7-12(9-13)16-11/h1-5,11-13,16H,6-9H2/t11-,12+,13?. The first kappa shape index (κ1) is 12.4. The molecule has 0 saturated carbocycles. The minimum atomic E-state index is 0.609. The van der Waals surface area contributed by atoms with Gasteiger partial charge in [0, 0.05) is 22.9 Å². The van der Waals surface area contributed by atoms with E-state index in [9.17, 15) is 0 Å². The Morgan fingerprint density at radius 2 is 1.80 bits per heavy atom. The minimum Gasteiger partial charge on any atom is -0.411 e. The lowest BCUT2D eigenvalue weighted by atomic mass is 10.1. The van der Waals surface area contributed by atoms with Gasteiger partial charge in [0.15, 0.2) is 0 Å². The van der Waals surface area contributed by atoms with Crippen molar-refractivity contribution in [3.63, 3.8) is 0 Å². The van der Waals surface area contributed by atoms with Crippen LogP contribution in [0.5, 0.6) is 0 Å². The third-order valence-electron chi connectivity index (χ3n) is 4.12. The normalized spacial score (nSPS) is 28.7. The van der Waals surface area contributed by atoms with Crippen LogP contribution < -0.4 is 5.32 Å². The number of hydrogen-bond acceptors (Lipinski definition) is 5. The molecule has 2 saturated heterocycles. The summed E-state index contributed by atoms with van der Waals surface area (Å²) in [6.45, 7) is 0. The highest BCUT2D eigenvalue weighted by molar-refractivity contribution is 7.99. The molecule has 0 spiro atoms. The quantitative estimate of drug-likeness (QED) is 0.940. The molecular weight excluding hydrogens is 270 g/mol. The van der Waals surface area contributed by atoms with Gasteiger partial charge in [-0.25, -0.2) is 0 Å². The number of hydrogen-bond donors (Lipinski definition) is 1. The molecule has 4 nitrogen and oxygen atoms in total. The lowest BCUT2D eigenvalue weighted by Gasteiger charge is -2.27.